The SMILES string of the molecule is CNC(=O)COc1ccccc1CNCC(C)(O)c1ccccc1. The number of hydrogen-bond acceptors (Lipinski definition) is 4. The van der Waals surface area contributed by atoms with Crippen molar-refractivity contribution in [3.05, 3.63) is 65.7 Å². The molecule has 24 heavy (non-hydrogen) atoms. The summed E-state index contributed by atoms with van der Waals surface area (Å²) < 4.78 is 5.54. The summed E-state index contributed by atoms with van der Waals surface area (Å²) in [4.78, 5) is 11.3. The van der Waals surface area contributed by atoms with Crippen molar-refractivity contribution in [2.45, 2.75) is 19.1 Å². The lowest BCUT2D eigenvalue weighted by atomic mass is 9.96. The number of carbonyl (C=O) groups is 1. The molecule has 5 nitrogen and oxygen atoms in total. The lowest BCUT2D eigenvalue weighted by molar-refractivity contribution is -0.122. The molecule has 0 aliphatic rings. The number of aliphatic hydroxyl groups is 1. The van der Waals surface area contributed by atoms with Gasteiger partial charge in [-0.3, -0.25) is 4.79 Å². The van der Waals surface area contributed by atoms with Crippen LogP contribution < -0.4 is 15.4 Å². The first-order chi connectivity index (χ1) is 11.5. The summed E-state index contributed by atoms with van der Waals surface area (Å²) in [6.07, 6.45) is 0. The van der Waals surface area contributed by atoms with Crippen molar-refractivity contribution in [3.63, 3.8) is 0 Å². The van der Waals surface area contributed by atoms with E-state index in [2.05, 4.69) is 10.6 Å². The summed E-state index contributed by atoms with van der Waals surface area (Å²) in [6.45, 7) is 2.70. The minimum atomic E-state index is -0.959. The van der Waals surface area contributed by atoms with E-state index in [9.17, 15) is 9.90 Å². The fraction of sp³-hybridized carbons (Fsp3) is 0.316. The summed E-state index contributed by atoms with van der Waals surface area (Å²) in [5.41, 5.74) is 0.839. The first-order valence-electron chi connectivity index (χ1n) is 7.93. The molecule has 2 aromatic carbocycles. The van der Waals surface area contributed by atoms with Crippen molar-refractivity contribution < 1.29 is 14.6 Å². The Kier molecular flexibility index (Phi) is 6.35. The summed E-state index contributed by atoms with van der Waals surface area (Å²) >= 11 is 0. The minimum absolute atomic E-state index is 0.0186. The molecule has 0 fully saturated rings. The Bertz CT molecular complexity index is 657. The average Bonchev–Trinajstić information content (AvgIpc) is 2.61. The summed E-state index contributed by atoms with van der Waals surface area (Å²) in [7, 11) is 1.57. The van der Waals surface area contributed by atoms with Gasteiger partial charge in [-0.2, -0.15) is 0 Å². The number of carbonyl (C=O) groups excluding carboxylic acids is 1. The third-order valence-electron chi connectivity index (χ3n) is 3.79. The Hall–Kier alpha value is -2.37. The second-order valence-corrected chi connectivity index (χ2v) is 5.81. The van der Waals surface area contributed by atoms with Gasteiger partial charge in [-0.05, 0) is 18.6 Å². The smallest absolute Gasteiger partial charge is 0.257 e. The number of rotatable bonds is 8. The molecule has 0 saturated heterocycles. The van der Waals surface area contributed by atoms with Crippen LogP contribution in [0, 0.1) is 0 Å². The first-order valence-corrected chi connectivity index (χ1v) is 7.93. The number of amides is 1. The van der Waals surface area contributed by atoms with Gasteiger partial charge in [-0.1, -0.05) is 48.5 Å². The van der Waals surface area contributed by atoms with E-state index in [4.69, 9.17) is 4.74 Å². The van der Waals surface area contributed by atoms with Gasteiger partial charge < -0.3 is 20.5 Å². The van der Waals surface area contributed by atoms with Crippen LogP contribution in [0.4, 0.5) is 0 Å². The largest absolute Gasteiger partial charge is 0.483 e. The van der Waals surface area contributed by atoms with Crippen LogP contribution >= 0.6 is 0 Å². The van der Waals surface area contributed by atoms with E-state index < -0.39 is 5.60 Å². The molecule has 0 aliphatic carbocycles. The molecular formula is C19H24N2O3. The van der Waals surface area contributed by atoms with Crippen LogP contribution in [-0.2, 0) is 16.9 Å². The van der Waals surface area contributed by atoms with Crippen LogP contribution in [0.5, 0.6) is 5.75 Å². The van der Waals surface area contributed by atoms with Crippen LogP contribution in [0.3, 0.4) is 0 Å². The maximum absolute atomic E-state index is 11.3. The normalized spacial score (nSPS) is 13.1. The van der Waals surface area contributed by atoms with Gasteiger partial charge in [0.05, 0.1) is 5.60 Å². The van der Waals surface area contributed by atoms with Crippen molar-refractivity contribution in [3.8, 4) is 5.75 Å². The predicted molar refractivity (Wildman–Crippen MR) is 93.7 cm³/mol. The fourth-order valence-corrected chi connectivity index (χ4v) is 2.35. The van der Waals surface area contributed by atoms with E-state index in [0.29, 0.717) is 18.8 Å². The molecule has 0 saturated carbocycles. The second kappa shape index (κ2) is 8.47. The van der Waals surface area contributed by atoms with Gasteiger partial charge in [0.1, 0.15) is 5.75 Å². The molecule has 2 aromatic rings. The molecule has 0 bridgehead atoms. The van der Waals surface area contributed by atoms with E-state index in [0.717, 1.165) is 11.1 Å². The fourth-order valence-electron chi connectivity index (χ4n) is 2.35. The van der Waals surface area contributed by atoms with Crippen LogP contribution in [0.1, 0.15) is 18.1 Å². The van der Waals surface area contributed by atoms with Gasteiger partial charge in [-0.25, -0.2) is 0 Å². The molecule has 5 heteroatoms. The molecule has 1 amide bonds. The molecule has 1 unspecified atom stereocenters. The molecule has 0 radical (unpaired) electrons. The van der Waals surface area contributed by atoms with Crippen LogP contribution in [0.2, 0.25) is 0 Å². The first kappa shape index (κ1) is 18.0. The lowest BCUT2D eigenvalue weighted by Crippen LogP contribution is -2.35. The number of para-hydroxylation sites is 1. The van der Waals surface area contributed by atoms with Gasteiger partial charge in [0.25, 0.3) is 5.91 Å². The second-order valence-electron chi connectivity index (χ2n) is 5.81. The number of likely N-dealkylation sites (N-methyl/N-ethyl adjacent to an activating group) is 1. The standard InChI is InChI=1S/C19H24N2O3/c1-19(23,16-9-4-3-5-10-16)14-21-12-15-8-6-7-11-17(15)24-13-18(22)20-2/h3-11,21,23H,12-14H2,1-2H3,(H,20,22). The quantitative estimate of drug-likeness (QED) is 0.691. The Labute approximate surface area is 142 Å². The van der Waals surface area contributed by atoms with Crippen molar-refractivity contribution in [2.75, 3.05) is 20.2 Å². The zero-order valence-corrected chi connectivity index (χ0v) is 14.1. The third-order valence-corrected chi connectivity index (χ3v) is 3.79. The van der Waals surface area contributed by atoms with Crippen LogP contribution in [-0.4, -0.2) is 31.2 Å². The topological polar surface area (TPSA) is 70.6 Å². The van der Waals surface area contributed by atoms with Crippen molar-refractivity contribution in [1.82, 2.24) is 10.6 Å². The van der Waals surface area contributed by atoms with E-state index in [1.807, 2.05) is 54.6 Å². The highest BCUT2D eigenvalue weighted by molar-refractivity contribution is 5.77. The monoisotopic (exact) mass is 328 g/mol. The number of hydrogen-bond donors (Lipinski definition) is 3. The Morgan fingerprint density at radius 2 is 1.79 bits per heavy atom. The number of nitrogens with one attached hydrogen (secondary N) is 2. The maximum atomic E-state index is 11.3. The van der Waals surface area contributed by atoms with Gasteiger partial charge >= 0.3 is 0 Å². The molecule has 128 valence electrons. The van der Waals surface area contributed by atoms with Crippen LogP contribution in [0.15, 0.2) is 54.6 Å². The van der Waals surface area contributed by atoms with Gasteiger partial charge in [0.15, 0.2) is 6.61 Å². The zero-order chi connectivity index (χ0) is 17.4. The van der Waals surface area contributed by atoms with Gasteiger partial charge in [0.2, 0.25) is 0 Å². The van der Waals surface area contributed by atoms with Gasteiger partial charge in [0, 0.05) is 25.7 Å². The highest BCUT2D eigenvalue weighted by Crippen LogP contribution is 2.21. The van der Waals surface area contributed by atoms with E-state index in [1.165, 1.54) is 0 Å². The molecule has 2 rings (SSSR count). The minimum Gasteiger partial charge on any atom is -0.483 e. The summed E-state index contributed by atoms with van der Waals surface area (Å²) in [5.74, 6) is 0.484. The molecule has 1 atom stereocenters. The zero-order valence-electron chi connectivity index (χ0n) is 14.1. The highest BCUT2D eigenvalue weighted by atomic mass is 16.5. The average molecular weight is 328 g/mol. The van der Waals surface area contributed by atoms with E-state index >= 15 is 0 Å². The lowest BCUT2D eigenvalue weighted by Gasteiger charge is -2.24. The van der Waals surface area contributed by atoms with Crippen molar-refractivity contribution in [2.24, 2.45) is 0 Å². The van der Waals surface area contributed by atoms with Crippen molar-refractivity contribution >= 4 is 5.91 Å². The summed E-state index contributed by atoms with van der Waals surface area (Å²) in [5, 5.41) is 16.4. The molecule has 0 aromatic heterocycles. The number of ether oxygens (including phenoxy) is 1. The van der Waals surface area contributed by atoms with Gasteiger partial charge in [-0.15, -0.1) is 0 Å². The Morgan fingerprint density at radius 3 is 2.50 bits per heavy atom. The molecule has 0 heterocycles. The van der Waals surface area contributed by atoms with E-state index in [-0.39, 0.29) is 12.5 Å². The number of benzene rings is 2. The maximum Gasteiger partial charge on any atom is 0.257 e. The molecule has 0 spiro atoms. The highest BCUT2D eigenvalue weighted by Gasteiger charge is 2.22. The van der Waals surface area contributed by atoms with E-state index in [1.54, 1.807) is 14.0 Å². The summed E-state index contributed by atoms with van der Waals surface area (Å²) in [6, 6.07) is 17.1. The Morgan fingerprint density at radius 1 is 1.12 bits per heavy atom. The predicted octanol–water partition coefficient (Wildman–Crippen LogP) is 1.81. The molecular weight excluding hydrogens is 304 g/mol. The molecule has 0 aliphatic heterocycles. The van der Waals surface area contributed by atoms with Crippen LogP contribution in [0.25, 0.3) is 0 Å². The Balaban J connectivity index is 1.93. The molecule has 3 N–H and O–H groups in total. The van der Waals surface area contributed by atoms with Crippen molar-refractivity contribution in [1.29, 1.82) is 0 Å². The third kappa shape index (κ3) is 5.08.